The largest absolute Gasteiger partial charge is 0.481 e. The van der Waals surface area contributed by atoms with Crippen LogP contribution >= 0.6 is 8.03 Å². The van der Waals surface area contributed by atoms with Gasteiger partial charge in [0.2, 0.25) is 0 Å². The number of rotatable bonds is 9. The second-order valence-electron chi connectivity index (χ2n) is 4.71. The molecule has 3 atom stereocenters. The van der Waals surface area contributed by atoms with Gasteiger partial charge < -0.3 is 20.4 Å². The molecule has 0 aliphatic carbocycles. The normalized spacial score (nSPS) is 14.8. The molecule has 3 unspecified atom stereocenters. The Morgan fingerprint density at radius 3 is 2.50 bits per heavy atom. The Morgan fingerprint density at radius 1 is 1.32 bits per heavy atom. The number of aliphatic carboxylic acids is 2. The van der Waals surface area contributed by atoms with E-state index in [0.717, 1.165) is 0 Å². The van der Waals surface area contributed by atoms with Crippen LogP contribution in [0.2, 0.25) is 0 Å². The molecule has 22 heavy (non-hydrogen) atoms. The SMILES string of the molecule is O=C(O)CCC(C(=O)O)C(CNc1cccc(F)c1)[PH](=O)O. The van der Waals surface area contributed by atoms with Crippen LogP contribution in [-0.4, -0.2) is 39.2 Å². The summed E-state index contributed by atoms with van der Waals surface area (Å²) in [5.41, 5.74) is -0.805. The number of hydrogen-bond acceptors (Lipinski definition) is 4. The van der Waals surface area contributed by atoms with Crippen LogP contribution in [0.5, 0.6) is 0 Å². The molecular formula is C13H17FNO6P. The molecule has 0 heterocycles. The fourth-order valence-corrected chi connectivity index (χ4v) is 2.93. The highest BCUT2D eigenvalue weighted by Crippen LogP contribution is 2.32. The Kier molecular flexibility index (Phi) is 7.01. The van der Waals surface area contributed by atoms with Gasteiger partial charge in [-0.3, -0.25) is 14.2 Å². The lowest BCUT2D eigenvalue weighted by Crippen LogP contribution is -2.32. The van der Waals surface area contributed by atoms with Crippen molar-refractivity contribution in [3.8, 4) is 0 Å². The molecule has 0 fully saturated rings. The summed E-state index contributed by atoms with van der Waals surface area (Å²) in [6.07, 6.45) is -0.667. The van der Waals surface area contributed by atoms with Crippen molar-refractivity contribution in [3.05, 3.63) is 30.1 Å². The van der Waals surface area contributed by atoms with E-state index in [1.807, 2.05) is 0 Å². The van der Waals surface area contributed by atoms with Crippen LogP contribution in [-0.2, 0) is 14.2 Å². The van der Waals surface area contributed by atoms with Crippen molar-refractivity contribution in [3.63, 3.8) is 0 Å². The minimum atomic E-state index is -3.22. The van der Waals surface area contributed by atoms with Crippen LogP contribution in [0.15, 0.2) is 24.3 Å². The van der Waals surface area contributed by atoms with Crippen molar-refractivity contribution in [2.45, 2.75) is 18.5 Å². The van der Waals surface area contributed by atoms with Gasteiger partial charge in [-0.15, -0.1) is 0 Å². The molecule has 0 spiro atoms. The number of anilines is 1. The molecule has 7 nitrogen and oxygen atoms in total. The molecule has 0 aliphatic heterocycles. The first-order chi connectivity index (χ1) is 10.3. The van der Waals surface area contributed by atoms with Crippen LogP contribution < -0.4 is 5.32 Å². The van der Waals surface area contributed by atoms with E-state index in [2.05, 4.69) is 5.32 Å². The quantitative estimate of drug-likeness (QED) is 0.506. The molecule has 0 aromatic heterocycles. The van der Waals surface area contributed by atoms with Crippen molar-refractivity contribution in [1.29, 1.82) is 0 Å². The number of hydrogen-bond donors (Lipinski definition) is 4. The summed E-state index contributed by atoms with van der Waals surface area (Å²) in [7, 11) is -3.22. The minimum absolute atomic E-state index is 0.172. The third-order valence-electron chi connectivity index (χ3n) is 3.14. The fourth-order valence-electron chi connectivity index (χ4n) is 2.00. The maximum atomic E-state index is 13.0. The zero-order valence-electron chi connectivity index (χ0n) is 11.5. The Morgan fingerprint density at radius 2 is 2.00 bits per heavy atom. The highest BCUT2D eigenvalue weighted by molar-refractivity contribution is 7.39. The number of benzene rings is 1. The first kappa shape index (κ1) is 18.1. The summed E-state index contributed by atoms with van der Waals surface area (Å²) in [6, 6.07) is 5.36. The third kappa shape index (κ3) is 5.83. The van der Waals surface area contributed by atoms with E-state index >= 15 is 0 Å². The van der Waals surface area contributed by atoms with Crippen LogP contribution in [0.4, 0.5) is 10.1 Å². The molecule has 0 saturated heterocycles. The van der Waals surface area contributed by atoms with Crippen LogP contribution in [0.3, 0.4) is 0 Å². The van der Waals surface area contributed by atoms with Gasteiger partial charge in [-0.2, -0.15) is 0 Å². The predicted octanol–water partition coefficient (Wildman–Crippen LogP) is 1.64. The van der Waals surface area contributed by atoms with Crippen molar-refractivity contribution in [2.75, 3.05) is 11.9 Å². The van der Waals surface area contributed by atoms with Crippen molar-refractivity contribution < 1.29 is 33.7 Å². The Bertz CT molecular complexity index is 567. The van der Waals surface area contributed by atoms with Crippen LogP contribution in [0.25, 0.3) is 0 Å². The second kappa shape index (κ2) is 8.51. The zero-order chi connectivity index (χ0) is 16.7. The standard InChI is InChI=1S/C13H17FNO6P/c14-8-2-1-3-9(6-8)15-7-11(22(20)21)10(13(18)19)4-5-12(16)17/h1-3,6,10-11,15,22H,4-5,7H2,(H,16,17)(H,18,19)(H,20,21). The number of carboxylic acids is 2. The average molecular weight is 333 g/mol. The lowest BCUT2D eigenvalue weighted by Gasteiger charge is -2.22. The Hall–Kier alpha value is -1.92. The van der Waals surface area contributed by atoms with E-state index in [1.54, 1.807) is 0 Å². The van der Waals surface area contributed by atoms with Gasteiger partial charge in [-0.05, 0) is 24.6 Å². The number of halogens is 1. The number of carboxylic acid groups (broad SMARTS) is 2. The summed E-state index contributed by atoms with van der Waals surface area (Å²) in [4.78, 5) is 31.1. The second-order valence-corrected chi connectivity index (χ2v) is 6.13. The van der Waals surface area contributed by atoms with Gasteiger partial charge in [0.1, 0.15) is 5.82 Å². The summed E-state index contributed by atoms with van der Waals surface area (Å²) >= 11 is 0. The van der Waals surface area contributed by atoms with Crippen molar-refractivity contribution >= 4 is 25.7 Å². The predicted molar refractivity (Wildman–Crippen MR) is 77.9 cm³/mol. The van der Waals surface area contributed by atoms with Gasteiger partial charge >= 0.3 is 11.9 Å². The van der Waals surface area contributed by atoms with Gasteiger partial charge in [0.25, 0.3) is 0 Å². The fraction of sp³-hybridized carbons (Fsp3) is 0.385. The van der Waals surface area contributed by atoms with Gasteiger partial charge in [0.15, 0.2) is 8.03 Å². The highest BCUT2D eigenvalue weighted by Gasteiger charge is 2.32. The first-order valence-electron chi connectivity index (χ1n) is 6.48. The van der Waals surface area contributed by atoms with Gasteiger partial charge in [0, 0.05) is 18.7 Å². The average Bonchev–Trinajstić information content (AvgIpc) is 2.41. The summed E-state index contributed by atoms with van der Waals surface area (Å²) in [5, 5.41) is 20.5. The number of nitrogens with one attached hydrogen (secondary N) is 1. The zero-order valence-corrected chi connectivity index (χ0v) is 12.5. The molecule has 4 N–H and O–H groups in total. The van der Waals surface area contributed by atoms with Crippen molar-refractivity contribution in [1.82, 2.24) is 0 Å². The monoisotopic (exact) mass is 333 g/mol. The Balaban J connectivity index is 2.79. The minimum Gasteiger partial charge on any atom is -0.481 e. The lowest BCUT2D eigenvalue weighted by molar-refractivity contribution is -0.142. The molecule has 122 valence electrons. The number of carbonyl (C=O) groups is 2. The first-order valence-corrected chi connectivity index (χ1v) is 7.91. The van der Waals surface area contributed by atoms with Crippen LogP contribution in [0, 0.1) is 11.7 Å². The summed E-state index contributed by atoms with van der Waals surface area (Å²) in [6.45, 7) is -0.172. The van der Waals surface area contributed by atoms with E-state index < -0.39 is 43.8 Å². The van der Waals surface area contributed by atoms with Gasteiger partial charge in [0.05, 0.1) is 11.6 Å². The molecule has 1 aromatic rings. The topological polar surface area (TPSA) is 124 Å². The van der Waals surface area contributed by atoms with Gasteiger partial charge in [-0.1, -0.05) is 6.07 Å². The molecule has 0 radical (unpaired) electrons. The molecule has 0 saturated carbocycles. The smallest absolute Gasteiger partial charge is 0.307 e. The molecule has 1 aromatic carbocycles. The highest BCUT2D eigenvalue weighted by atomic mass is 31.1. The molecule has 9 heteroatoms. The van der Waals surface area contributed by atoms with E-state index in [9.17, 15) is 23.4 Å². The molecule has 1 rings (SSSR count). The van der Waals surface area contributed by atoms with E-state index in [1.165, 1.54) is 24.3 Å². The third-order valence-corrected chi connectivity index (χ3v) is 4.38. The molecule has 0 aliphatic rings. The molecular weight excluding hydrogens is 316 g/mol. The Labute approximate surface area is 126 Å². The van der Waals surface area contributed by atoms with E-state index in [-0.39, 0.29) is 13.0 Å². The molecule has 0 amide bonds. The summed E-state index contributed by atoms with van der Waals surface area (Å²) in [5.74, 6) is -4.28. The van der Waals surface area contributed by atoms with E-state index in [0.29, 0.717) is 5.69 Å². The maximum absolute atomic E-state index is 13.0. The van der Waals surface area contributed by atoms with Gasteiger partial charge in [-0.25, -0.2) is 4.39 Å². The maximum Gasteiger partial charge on any atom is 0.307 e. The lowest BCUT2D eigenvalue weighted by atomic mass is 9.99. The van der Waals surface area contributed by atoms with Crippen LogP contribution in [0.1, 0.15) is 12.8 Å². The van der Waals surface area contributed by atoms with Crippen molar-refractivity contribution in [2.24, 2.45) is 5.92 Å². The van der Waals surface area contributed by atoms with E-state index in [4.69, 9.17) is 10.2 Å². The summed E-state index contributed by atoms with van der Waals surface area (Å²) < 4.78 is 24.5. The molecule has 0 bridgehead atoms.